The zero-order valence-corrected chi connectivity index (χ0v) is 9.89. The lowest BCUT2D eigenvalue weighted by Gasteiger charge is -2.36. The van der Waals surface area contributed by atoms with Crippen LogP contribution in [-0.2, 0) is 0 Å². The van der Waals surface area contributed by atoms with E-state index in [0.29, 0.717) is 0 Å². The molecule has 15 heavy (non-hydrogen) atoms. The first kappa shape index (κ1) is 11.1. The Bertz CT molecular complexity index is 326. The molecule has 1 unspecified atom stereocenters. The van der Waals surface area contributed by atoms with Gasteiger partial charge in [-0.05, 0) is 36.8 Å². The Kier molecular flexibility index (Phi) is 3.14. The lowest BCUT2D eigenvalue weighted by atomic mass is 9.80. The van der Waals surface area contributed by atoms with E-state index in [2.05, 4.69) is 0 Å². The number of aliphatic hydroxyl groups is 2. The van der Waals surface area contributed by atoms with Gasteiger partial charge in [-0.3, -0.25) is 0 Å². The average molecular weight is 226 g/mol. The fraction of sp³-hybridized carbons (Fsp3) is 0.667. The SMILES string of the molecule is Cc1ccsc1C(O)C1(O)CCCCC1. The van der Waals surface area contributed by atoms with Gasteiger partial charge in [0.15, 0.2) is 0 Å². The quantitative estimate of drug-likeness (QED) is 0.814. The summed E-state index contributed by atoms with van der Waals surface area (Å²) in [7, 11) is 0. The van der Waals surface area contributed by atoms with E-state index in [9.17, 15) is 10.2 Å². The summed E-state index contributed by atoms with van der Waals surface area (Å²) < 4.78 is 0. The molecule has 0 spiro atoms. The molecular formula is C12H18O2S. The molecule has 2 N–H and O–H groups in total. The number of hydrogen-bond acceptors (Lipinski definition) is 3. The van der Waals surface area contributed by atoms with Crippen LogP contribution in [0.5, 0.6) is 0 Å². The highest BCUT2D eigenvalue weighted by atomic mass is 32.1. The Labute approximate surface area is 94.6 Å². The molecule has 2 nitrogen and oxygen atoms in total. The normalized spacial score (nSPS) is 22.6. The molecule has 0 aromatic carbocycles. The molecule has 1 aromatic heterocycles. The maximum atomic E-state index is 10.4. The lowest BCUT2D eigenvalue weighted by molar-refractivity contribution is -0.0979. The van der Waals surface area contributed by atoms with E-state index in [1.54, 1.807) is 0 Å². The minimum Gasteiger partial charge on any atom is -0.387 e. The molecule has 1 aliphatic carbocycles. The van der Waals surface area contributed by atoms with Gasteiger partial charge in [0.2, 0.25) is 0 Å². The molecule has 0 aliphatic heterocycles. The van der Waals surface area contributed by atoms with Crippen molar-refractivity contribution < 1.29 is 10.2 Å². The molecule has 0 amide bonds. The van der Waals surface area contributed by atoms with Gasteiger partial charge in [0.25, 0.3) is 0 Å². The molecule has 3 heteroatoms. The Balaban J connectivity index is 2.19. The molecule has 1 saturated carbocycles. The summed E-state index contributed by atoms with van der Waals surface area (Å²) >= 11 is 1.54. The van der Waals surface area contributed by atoms with Crippen LogP contribution < -0.4 is 0 Å². The summed E-state index contributed by atoms with van der Waals surface area (Å²) in [6.07, 6.45) is 3.99. The Hall–Kier alpha value is -0.380. The van der Waals surface area contributed by atoms with Crippen molar-refractivity contribution in [1.29, 1.82) is 0 Å². The first-order valence-electron chi connectivity index (χ1n) is 5.58. The molecule has 84 valence electrons. The summed E-state index contributed by atoms with van der Waals surface area (Å²) in [6.45, 7) is 1.99. The fourth-order valence-electron chi connectivity index (χ4n) is 2.35. The van der Waals surface area contributed by atoms with Gasteiger partial charge in [-0.2, -0.15) is 0 Å². The van der Waals surface area contributed by atoms with E-state index in [1.165, 1.54) is 17.8 Å². The average Bonchev–Trinajstić information content (AvgIpc) is 2.64. The van der Waals surface area contributed by atoms with Crippen molar-refractivity contribution >= 4 is 11.3 Å². The van der Waals surface area contributed by atoms with E-state index in [4.69, 9.17) is 0 Å². The van der Waals surface area contributed by atoms with Crippen LogP contribution in [0.4, 0.5) is 0 Å². The van der Waals surface area contributed by atoms with Crippen molar-refractivity contribution in [1.82, 2.24) is 0 Å². The maximum absolute atomic E-state index is 10.4. The Morgan fingerprint density at radius 1 is 1.33 bits per heavy atom. The second-order valence-electron chi connectivity index (χ2n) is 4.53. The van der Waals surface area contributed by atoms with Crippen LogP contribution in [0.2, 0.25) is 0 Å². The molecular weight excluding hydrogens is 208 g/mol. The van der Waals surface area contributed by atoms with Gasteiger partial charge < -0.3 is 10.2 Å². The topological polar surface area (TPSA) is 40.5 Å². The third kappa shape index (κ3) is 2.10. The summed E-state index contributed by atoms with van der Waals surface area (Å²) in [4.78, 5) is 0.930. The zero-order valence-electron chi connectivity index (χ0n) is 9.07. The van der Waals surface area contributed by atoms with E-state index >= 15 is 0 Å². The molecule has 2 rings (SSSR count). The van der Waals surface area contributed by atoms with Crippen molar-refractivity contribution in [2.75, 3.05) is 0 Å². The minimum absolute atomic E-state index is 0.696. The number of rotatable bonds is 2. The van der Waals surface area contributed by atoms with Crippen LogP contribution in [0, 0.1) is 6.92 Å². The summed E-state index contributed by atoms with van der Waals surface area (Å²) in [5.74, 6) is 0. The van der Waals surface area contributed by atoms with Gasteiger partial charge in [0.1, 0.15) is 6.10 Å². The first-order chi connectivity index (χ1) is 7.13. The van der Waals surface area contributed by atoms with Crippen molar-refractivity contribution in [3.63, 3.8) is 0 Å². The molecule has 1 heterocycles. The van der Waals surface area contributed by atoms with Gasteiger partial charge in [0.05, 0.1) is 5.60 Å². The van der Waals surface area contributed by atoms with Crippen LogP contribution in [-0.4, -0.2) is 15.8 Å². The summed E-state index contributed by atoms with van der Waals surface area (Å²) in [6, 6.07) is 2.00. The largest absolute Gasteiger partial charge is 0.387 e. The molecule has 1 aliphatic rings. The lowest BCUT2D eigenvalue weighted by Crippen LogP contribution is -2.38. The molecule has 1 atom stereocenters. The highest BCUT2D eigenvalue weighted by molar-refractivity contribution is 7.10. The smallest absolute Gasteiger partial charge is 0.117 e. The van der Waals surface area contributed by atoms with Gasteiger partial charge in [-0.15, -0.1) is 11.3 Å². The number of thiophene rings is 1. The molecule has 0 radical (unpaired) electrons. The number of aliphatic hydroxyl groups excluding tert-OH is 1. The van der Waals surface area contributed by atoms with Gasteiger partial charge in [0, 0.05) is 4.88 Å². The maximum Gasteiger partial charge on any atom is 0.117 e. The third-order valence-corrected chi connectivity index (χ3v) is 4.45. The van der Waals surface area contributed by atoms with E-state index in [-0.39, 0.29) is 0 Å². The van der Waals surface area contributed by atoms with Crippen LogP contribution in [0.3, 0.4) is 0 Å². The molecule has 1 fully saturated rings. The first-order valence-corrected chi connectivity index (χ1v) is 6.46. The van der Waals surface area contributed by atoms with Crippen LogP contribution in [0.1, 0.15) is 48.6 Å². The van der Waals surface area contributed by atoms with E-state index < -0.39 is 11.7 Å². The van der Waals surface area contributed by atoms with Crippen LogP contribution in [0.25, 0.3) is 0 Å². The molecule has 0 saturated heterocycles. The second-order valence-corrected chi connectivity index (χ2v) is 5.48. The van der Waals surface area contributed by atoms with Gasteiger partial charge in [-0.25, -0.2) is 0 Å². The fourth-order valence-corrected chi connectivity index (χ4v) is 3.37. The predicted octanol–water partition coefficient (Wildman–Crippen LogP) is 2.79. The van der Waals surface area contributed by atoms with Crippen molar-refractivity contribution in [2.24, 2.45) is 0 Å². The van der Waals surface area contributed by atoms with E-state index in [0.717, 1.165) is 36.1 Å². The van der Waals surface area contributed by atoms with E-state index in [1.807, 2.05) is 18.4 Å². The summed E-state index contributed by atoms with van der Waals surface area (Å²) in [5, 5.41) is 22.6. The second kappa shape index (κ2) is 4.24. The standard InChI is InChI=1S/C12H18O2S/c1-9-5-8-15-10(9)11(13)12(14)6-3-2-4-7-12/h5,8,11,13-14H,2-4,6-7H2,1H3. The van der Waals surface area contributed by atoms with Crippen LogP contribution >= 0.6 is 11.3 Å². The number of aryl methyl sites for hydroxylation is 1. The van der Waals surface area contributed by atoms with Crippen molar-refractivity contribution in [3.05, 3.63) is 21.9 Å². The Morgan fingerprint density at radius 3 is 2.53 bits per heavy atom. The van der Waals surface area contributed by atoms with Gasteiger partial charge in [-0.1, -0.05) is 19.3 Å². The molecule has 0 bridgehead atoms. The predicted molar refractivity (Wildman–Crippen MR) is 62.1 cm³/mol. The molecule has 1 aromatic rings. The van der Waals surface area contributed by atoms with Gasteiger partial charge >= 0.3 is 0 Å². The highest BCUT2D eigenvalue weighted by Crippen LogP contribution is 2.40. The summed E-state index contributed by atoms with van der Waals surface area (Å²) in [5.41, 5.74) is 0.208. The highest BCUT2D eigenvalue weighted by Gasteiger charge is 2.38. The monoisotopic (exact) mass is 226 g/mol. The van der Waals surface area contributed by atoms with Crippen molar-refractivity contribution in [2.45, 2.75) is 50.7 Å². The minimum atomic E-state index is -0.881. The third-order valence-electron chi connectivity index (χ3n) is 3.38. The van der Waals surface area contributed by atoms with Crippen molar-refractivity contribution in [3.8, 4) is 0 Å². The zero-order chi connectivity index (χ0) is 10.9. The Morgan fingerprint density at radius 2 is 2.00 bits per heavy atom. The number of hydrogen-bond donors (Lipinski definition) is 2. The van der Waals surface area contributed by atoms with Crippen LogP contribution in [0.15, 0.2) is 11.4 Å².